The molecule has 0 saturated carbocycles. The molecule has 2 aliphatic heterocycles. The van der Waals surface area contributed by atoms with E-state index in [0.717, 1.165) is 0 Å². The molecule has 15 nitrogen and oxygen atoms in total. The van der Waals surface area contributed by atoms with E-state index >= 15 is 0 Å². The number of benzene rings is 2. The van der Waals surface area contributed by atoms with E-state index < -0.39 is 22.7 Å². The van der Waals surface area contributed by atoms with E-state index in [1.165, 1.54) is 58.9 Å². The number of non-ortho nitro benzene ring substituents is 1. The minimum Gasteiger partial charge on any atom is -0.461 e. The van der Waals surface area contributed by atoms with Crippen LogP contribution in [0, 0.1) is 15.9 Å². The van der Waals surface area contributed by atoms with Gasteiger partial charge in [0, 0.05) is 26.2 Å². The Labute approximate surface area is 260 Å². The molecule has 2 aromatic carbocycles. The Morgan fingerprint density at radius 1 is 0.826 bits per heavy atom. The van der Waals surface area contributed by atoms with Crippen molar-refractivity contribution in [2.75, 3.05) is 27.3 Å². The van der Waals surface area contributed by atoms with Gasteiger partial charge in [-0.2, -0.15) is 0 Å². The van der Waals surface area contributed by atoms with E-state index in [0.29, 0.717) is 22.8 Å². The van der Waals surface area contributed by atoms with Crippen molar-refractivity contribution in [3.8, 4) is 11.4 Å². The van der Waals surface area contributed by atoms with Crippen molar-refractivity contribution in [1.29, 1.82) is 0 Å². The van der Waals surface area contributed by atoms with Crippen LogP contribution in [0.4, 0.5) is 10.1 Å². The number of nitro groups is 1. The Morgan fingerprint density at radius 2 is 1.28 bits per heavy atom. The predicted octanol–water partition coefficient (Wildman–Crippen LogP) is 3.32. The van der Waals surface area contributed by atoms with Crippen LogP contribution < -0.4 is 0 Å². The van der Waals surface area contributed by atoms with Gasteiger partial charge in [0.15, 0.2) is 11.4 Å². The number of imidazole rings is 2. The molecule has 0 bridgehead atoms. The molecular formula is C30H28FN7O8. The van der Waals surface area contributed by atoms with Gasteiger partial charge < -0.3 is 19.3 Å². The first kappa shape index (κ1) is 31.5. The Hall–Kier alpha value is -5.93. The molecule has 46 heavy (non-hydrogen) atoms. The number of hydrogen-bond donors (Lipinski definition) is 0. The molecule has 2 aliphatic rings. The summed E-state index contributed by atoms with van der Waals surface area (Å²) in [5.41, 5.74) is 2.50. The maximum Gasteiger partial charge on any atom is 0.358 e. The van der Waals surface area contributed by atoms with Crippen LogP contribution in [-0.2, 0) is 22.6 Å². The average molecular weight is 633 g/mol. The lowest BCUT2D eigenvalue weighted by Crippen LogP contribution is -2.26. The van der Waals surface area contributed by atoms with Crippen molar-refractivity contribution in [2.24, 2.45) is 0 Å². The molecular weight excluding hydrogens is 604 g/mol. The minimum absolute atomic E-state index is 0.128. The molecule has 0 spiro atoms. The minimum atomic E-state index is -0.572. The maximum absolute atomic E-state index is 13.5. The number of hydrogen-bond acceptors (Lipinski definition) is 10. The molecule has 0 saturated heterocycles. The van der Waals surface area contributed by atoms with Crippen LogP contribution in [-0.4, -0.2) is 84.9 Å². The van der Waals surface area contributed by atoms with Crippen molar-refractivity contribution >= 4 is 29.4 Å². The summed E-state index contributed by atoms with van der Waals surface area (Å²) in [6.45, 7) is 4.17. The van der Waals surface area contributed by atoms with E-state index in [4.69, 9.17) is 9.47 Å². The summed E-state index contributed by atoms with van der Waals surface area (Å²) in [6, 6.07) is 7.98. The molecule has 2 amide bonds. The Bertz CT molecular complexity index is 1900. The summed E-state index contributed by atoms with van der Waals surface area (Å²) in [5.74, 6) is -2.28. The van der Waals surface area contributed by atoms with Crippen LogP contribution in [0.1, 0.15) is 66.9 Å². The third kappa shape index (κ3) is 5.67. The first-order chi connectivity index (χ1) is 22.0. The van der Waals surface area contributed by atoms with Gasteiger partial charge in [0.2, 0.25) is 0 Å². The molecule has 0 fully saturated rings. The fraction of sp³-hybridized carbons (Fsp3) is 0.267. The van der Waals surface area contributed by atoms with Gasteiger partial charge in [-0.3, -0.25) is 28.8 Å². The normalized spacial score (nSPS) is 13.2. The van der Waals surface area contributed by atoms with Crippen molar-refractivity contribution in [2.45, 2.75) is 26.9 Å². The van der Waals surface area contributed by atoms with Crippen molar-refractivity contribution in [3.63, 3.8) is 0 Å². The summed E-state index contributed by atoms with van der Waals surface area (Å²) in [6.07, 6.45) is 2.86. The number of aromatic nitrogens is 4. The summed E-state index contributed by atoms with van der Waals surface area (Å²) >= 11 is 0. The van der Waals surface area contributed by atoms with Crippen molar-refractivity contribution in [3.05, 3.63) is 98.9 Å². The van der Waals surface area contributed by atoms with Gasteiger partial charge in [-0.15, -0.1) is 0 Å². The quantitative estimate of drug-likeness (QED) is 0.181. The van der Waals surface area contributed by atoms with Gasteiger partial charge in [-0.05, 0) is 38.1 Å². The highest BCUT2D eigenvalue weighted by molar-refractivity contribution is 6.00. The number of rotatable bonds is 5. The van der Waals surface area contributed by atoms with Crippen LogP contribution in [0.5, 0.6) is 0 Å². The summed E-state index contributed by atoms with van der Waals surface area (Å²) in [5, 5.41) is 11.0. The predicted molar refractivity (Wildman–Crippen MR) is 157 cm³/mol. The van der Waals surface area contributed by atoms with Crippen molar-refractivity contribution < 1.29 is 38.0 Å². The van der Waals surface area contributed by atoms with Crippen LogP contribution in [0.2, 0.25) is 0 Å². The first-order valence-electron chi connectivity index (χ1n) is 14.0. The van der Waals surface area contributed by atoms with Gasteiger partial charge in [-0.1, -0.05) is 0 Å². The second kappa shape index (κ2) is 12.6. The second-order valence-corrected chi connectivity index (χ2v) is 10.2. The topological polar surface area (TPSA) is 172 Å². The van der Waals surface area contributed by atoms with Gasteiger partial charge in [0.25, 0.3) is 17.5 Å². The van der Waals surface area contributed by atoms with Gasteiger partial charge in [-0.25, -0.2) is 23.9 Å². The molecule has 16 heteroatoms. The lowest BCUT2D eigenvalue weighted by atomic mass is 10.1. The highest BCUT2D eigenvalue weighted by Gasteiger charge is 2.31. The van der Waals surface area contributed by atoms with E-state index in [2.05, 4.69) is 9.97 Å². The standard InChI is InChI=1S/C15H14FN3O3.C15H14N4O5/c1-3-22-15(21)13-12-7-18(2)14(20)10-6-9(16)4-5-11(10)19(12)8-17-13;1-3-24-15(21)13-12-7-17(2)14(20)10-6-9(19(22)23)4-5-11(10)18(12)8-16-13/h4-6,8H,3,7H2,1-2H3;4-6,8H,3,7H2,1-2H3/i16-1;. The Balaban J connectivity index is 0.000000182. The summed E-state index contributed by atoms with van der Waals surface area (Å²) in [7, 11) is 3.15. The largest absolute Gasteiger partial charge is 0.461 e. The number of nitro benzene ring substituents is 1. The van der Waals surface area contributed by atoms with Gasteiger partial charge in [0.1, 0.15) is 18.5 Å². The van der Waals surface area contributed by atoms with E-state index in [9.17, 15) is 33.7 Å². The zero-order valence-electron chi connectivity index (χ0n) is 25.2. The number of halogens is 1. The number of carbonyl (C=O) groups excluding carboxylic acids is 4. The van der Waals surface area contributed by atoms with Crippen LogP contribution in [0.25, 0.3) is 11.4 Å². The number of ether oxygens (including phenoxy) is 2. The molecule has 2 aromatic heterocycles. The van der Waals surface area contributed by atoms with Gasteiger partial charge in [0.05, 0.1) is 65.1 Å². The van der Waals surface area contributed by atoms with Crippen LogP contribution in [0.3, 0.4) is 0 Å². The van der Waals surface area contributed by atoms with E-state index in [1.54, 1.807) is 37.1 Å². The van der Waals surface area contributed by atoms with Crippen LogP contribution in [0.15, 0.2) is 49.1 Å². The molecule has 4 aromatic rings. The Morgan fingerprint density at radius 3 is 1.74 bits per heavy atom. The summed E-state index contributed by atoms with van der Waals surface area (Å²) in [4.78, 5) is 70.3. The molecule has 0 radical (unpaired) electrons. The zero-order chi connectivity index (χ0) is 33.3. The molecule has 0 atom stereocenters. The number of amides is 2. The highest BCUT2D eigenvalue weighted by atomic mass is 18.2. The molecule has 0 aliphatic carbocycles. The zero-order valence-corrected chi connectivity index (χ0v) is 25.2. The van der Waals surface area contributed by atoms with E-state index in [1.807, 2.05) is 0 Å². The fourth-order valence-corrected chi connectivity index (χ4v) is 5.12. The summed E-state index contributed by atoms with van der Waals surface area (Å²) < 4.78 is 26.7. The fourth-order valence-electron chi connectivity index (χ4n) is 5.12. The van der Waals surface area contributed by atoms with E-state index in [-0.39, 0.29) is 66.3 Å². The van der Waals surface area contributed by atoms with Gasteiger partial charge >= 0.3 is 11.9 Å². The van der Waals surface area contributed by atoms with Crippen LogP contribution >= 0.6 is 0 Å². The number of nitrogens with zero attached hydrogens (tertiary/aromatic N) is 7. The first-order valence-corrected chi connectivity index (χ1v) is 14.0. The number of esters is 2. The molecule has 0 N–H and O–H groups in total. The average Bonchev–Trinajstić information content (AvgIpc) is 3.59. The maximum atomic E-state index is 13.5. The van der Waals surface area contributed by atoms with Crippen molar-refractivity contribution in [1.82, 2.24) is 28.9 Å². The lowest BCUT2D eigenvalue weighted by Gasteiger charge is -2.14. The molecule has 4 heterocycles. The monoisotopic (exact) mass is 632 g/mol. The number of fused-ring (bicyclic) bond motifs is 6. The Kier molecular flexibility index (Phi) is 8.62. The highest BCUT2D eigenvalue weighted by Crippen LogP contribution is 2.29. The molecule has 0 unspecified atom stereocenters. The SMILES string of the molecule is CCOC(=O)c1ncn2c1CN(C)C(=O)c1cc([18F])ccc1-2.CCOC(=O)c1ncn2c1CN(C)C(=O)c1cc([N+](=O)[O-])ccc1-2. The molecule has 6 rings (SSSR count). The third-order valence-electron chi connectivity index (χ3n) is 7.27. The molecule has 238 valence electrons. The smallest absolute Gasteiger partial charge is 0.358 e. The second-order valence-electron chi connectivity index (χ2n) is 10.2. The lowest BCUT2D eigenvalue weighted by molar-refractivity contribution is -0.384. The third-order valence-corrected chi connectivity index (χ3v) is 7.27. The number of carbonyl (C=O) groups is 4.